The summed E-state index contributed by atoms with van der Waals surface area (Å²) in [7, 11) is 9.89. The summed E-state index contributed by atoms with van der Waals surface area (Å²) >= 11 is 0. The van der Waals surface area contributed by atoms with Crippen molar-refractivity contribution in [3.05, 3.63) is 35.4 Å². The molecule has 3 aliphatic heterocycles. The van der Waals surface area contributed by atoms with E-state index in [2.05, 4.69) is 16.0 Å². The van der Waals surface area contributed by atoms with Gasteiger partial charge in [-0.2, -0.15) is 13.2 Å². The maximum atomic E-state index is 15.4. The Morgan fingerprint density at radius 3 is 1.77 bits per heavy atom. The normalized spacial score (nSPS) is 26.3. The van der Waals surface area contributed by atoms with Crippen LogP contribution < -0.4 is 16.0 Å². The molecule has 5 fully saturated rings. The monoisotopic (exact) mass is 1370 g/mol. The van der Waals surface area contributed by atoms with E-state index in [0.29, 0.717) is 57.2 Å². The van der Waals surface area contributed by atoms with Gasteiger partial charge in [0.2, 0.25) is 70.9 Å². The van der Waals surface area contributed by atoms with Crippen LogP contribution in [0.25, 0.3) is 0 Å². The molecule has 1 aromatic carbocycles. The maximum absolute atomic E-state index is 15.4. The number of rotatable bonds is 11. The number of likely N-dealkylation sites (tertiary alicyclic amines) is 1. The summed E-state index contributed by atoms with van der Waals surface area (Å²) < 4.78 is 41.0. The number of fused-ring (bicyclic) bond motifs is 1. The van der Waals surface area contributed by atoms with Gasteiger partial charge in [-0.3, -0.25) is 57.5 Å². The fraction of sp³-hybridized carbons (Fsp3) is 0.743. The molecule has 6 rings (SSSR count). The van der Waals surface area contributed by atoms with Gasteiger partial charge in [0.1, 0.15) is 47.8 Å². The molecule has 2 saturated carbocycles. The molecule has 97 heavy (non-hydrogen) atoms. The summed E-state index contributed by atoms with van der Waals surface area (Å²) in [6.07, 6.45) is 3.91. The van der Waals surface area contributed by atoms with Crippen molar-refractivity contribution < 1.29 is 70.7 Å². The number of nitrogens with zero attached hydrogens (tertiary/aromatic N) is 9. The molecule has 3 saturated heterocycles. The van der Waals surface area contributed by atoms with Crippen LogP contribution in [0.3, 0.4) is 0 Å². The van der Waals surface area contributed by atoms with E-state index in [-0.39, 0.29) is 63.3 Å². The van der Waals surface area contributed by atoms with Crippen molar-refractivity contribution in [1.29, 1.82) is 0 Å². The molecule has 3 heterocycles. The SMILES string of the molecule is CC[C@H](C)[C@@H]1NC(=O)[C@H](CC(C)C)N(C)C(=O)C[C@@H](C(=O)N2CCCCC2)N(C)C(=O)[C@H](C(C)C)N(C)C(=O)C2(CCCC2)NC(=O)C2CCCN2C(=O)[C@H](CCc2ccc(C(F)(F)F)cc2)NC(=O)CN(C)C(=O)[C@H](CC2CCCCC2)N(C)C(=O)CN(C)C(=O)CN(C)C1=O. The Balaban J connectivity index is 1.41. The number of hydrogen-bond acceptors (Lipinski definition) is 12. The Morgan fingerprint density at radius 2 is 1.19 bits per heavy atom. The zero-order valence-electron chi connectivity index (χ0n) is 59.6. The van der Waals surface area contributed by atoms with Gasteiger partial charge in [-0.1, -0.05) is 105 Å². The van der Waals surface area contributed by atoms with Crippen LogP contribution in [0.1, 0.15) is 175 Å². The largest absolute Gasteiger partial charge is 0.416 e. The second-order valence-electron chi connectivity index (χ2n) is 28.9. The van der Waals surface area contributed by atoms with Crippen molar-refractivity contribution in [3.63, 3.8) is 0 Å². The Hall–Kier alpha value is -7.35. The van der Waals surface area contributed by atoms with Gasteiger partial charge < -0.3 is 60.0 Å². The number of amides is 12. The average Bonchev–Trinajstić information content (AvgIpc) is 1.75. The Labute approximate surface area is 571 Å². The second-order valence-corrected chi connectivity index (χ2v) is 28.9. The standard InChI is InChI=1S/C70H109F3N12O12/c1-14-46(6)59-66(95)79(9)42-57(88)77(7)43-58(89)81(11)53(39-48-24-17-15-18-25-48)64(93)78(8)41-55(86)74-50(32-29-47-27-30-49(31-28-47)70(71,72)73)63(92)85-37-23-26-51(85)62(91)76-69(33-19-20-34-69)68(97)83(13)60(45(4)5)67(96)82(12)54(65(94)84-35-21-16-22-36-84)40-56(87)80(10)52(38-44(2)3)61(90)75-59/h27-28,30-31,44-46,48,50-54,59-60H,14-26,29,32-43H2,1-13H3,(H,74,86)(H,75,90)(H,76,91)/t46-,50-,51?,52-,53-,54-,59-,60-/m0/s1. The molecule has 0 aromatic heterocycles. The number of aryl methyl sites for hydroxylation is 1. The van der Waals surface area contributed by atoms with Crippen molar-refractivity contribution in [2.24, 2.45) is 23.7 Å². The number of carbonyl (C=O) groups excluding carboxylic acids is 12. The molecule has 3 N–H and O–H groups in total. The van der Waals surface area contributed by atoms with E-state index < -0.39 is 168 Å². The van der Waals surface area contributed by atoms with Crippen LogP contribution >= 0.6 is 0 Å². The van der Waals surface area contributed by atoms with Gasteiger partial charge in [-0.15, -0.1) is 0 Å². The molecule has 1 aromatic rings. The van der Waals surface area contributed by atoms with Crippen molar-refractivity contribution in [1.82, 2.24) is 60.0 Å². The van der Waals surface area contributed by atoms with Crippen molar-refractivity contribution in [2.75, 3.05) is 88.6 Å². The van der Waals surface area contributed by atoms with Crippen molar-refractivity contribution in [2.45, 2.75) is 224 Å². The third kappa shape index (κ3) is 20.2. The Morgan fingerprint density at radius 1 is 0.598 bits per heavy atom. The number of carbonyl (C=O) groups is 12. The summed E-state index contributed by atoms with van der Waals surface area (Å²) in [5.41, 5.74) is -2.04. The minimum absolute atomic E-state index is 0.000829. The summed E-state index contributed by atoms with van der Waals surface area (Å²) in [6.45, 7) is 9.93. The summed E-state index contributed by atoms with van der Waals surface area (Å²) in [5, 5.41) is 8.70. The van der Waals surface area contributed by atoms with E-state index in [1.807, 2.05) is 20.8 Å². The number of piperidine rings is 1. The van der Waals surface area contributed by atoms with E-state index in [1.165, 1.54) is 86.0 Å². The Kier molecular flexibility index (Phi) is 28.3. The number of hydrogen-bond donors (Lipinski definition) is 3. The molecule has 24 nitrogen and oxygen atoms in total. The van der Waals surface area contributed by atoms with Gasteiger partial charge in [0.15, 0.2) is 0 Å². The third-order valence-corrected chi connectivity index (χ3v) is 20.8. The molecule has 0 bridgehead atoms. The lowest BCUT2D eigenvalue weighted by atomic mass is 9.84. The summed E-state index contributed by atoms with van der Waals surface area (Å²) in [4.78, 5) is 189. The van der Waals surface area contributed by atoms with Crippen LogP contribution in [-0.2, 0) is 70.1 Å². The van der Waals surface area contributed by atoms with Crippen LogP contribution in [-0.4, -0.2) is 251 Å². The van der Waals surface area contributed by atoms with Gasteiger partial charge in [-0.05, 0) is 112 Å². The van der Waals surface area contributed by atoms with Gasteiger partial charge in [0.05, 0.1) is 31.6 Å². The lowest BCUT2D eigenvalue weighted by Crippen LogP contribution is -2.65. The molecule has 542 valence electrons. The first kappa shape index (κ1) is 78.6. The molecule has 12 amide bonds. The molecular weight excluding hydrogens is 1260 g/mol. The first-order valence-electron chi connectivity index (χ1n) is 35.1. The second kappa shape index (κ2) is 34.9. The fourth-order valence-electron chi connectivity index (χ4n) is 14.5. The van der Waals surface area contributed by atoms with Gasteiger partial charge in [0.25, 0.3) is 0 Å². The number of nitrogens with one attached hydrogen (secondary N) is 3. The van der Waals surface area contributed by atoms with E-state index in [9.17, 15) is 56.3 Å². The minimum atomic E-state index is -4.62. The molecule has 27 heteroatoms. The quantitative estimate of drug-likeness (QED) is 0.269. The van der Waals surface area contributed by atoms with Crippen LogP contribution in [0.2, 0.25) is 0 Å². The topological polar surface area (TPSA) is 270 Å². The predicted octanol–water partition coefficient (Wildman–Crippen LogP) is 4.85. The van der Waals surface area contributed by atoms with E-state index in [4.69, 9.17) is 0 Å². The molecule has 1 unspecified atom stereocenters. The van der Waals surface area contributed by atoms with E-state index >= 15 is 14.4 Å². The first-order valence-corrected chi connectivity index (χ1v) is 35.1. The number of alkyl halides is 3. The molecule has 0 radical (unpaired) electrons. The lowest BCUT2D eigenvalue weighted by molar-refractivity contribution is -0.156. The fourth-order valence-corrected chi connectivity index (χ4v) is 14.5. The number of benzene rings is 1. The summed E-state index contributed by atoms with van der Waals surface area (Å²) in [5.74, 6) is -8.98. The molecule has 8 atom stereocenters. The number of likely N-dealkylation sites (N-methyl/N-ethyl adjacent to an activating group) is 7. The zero-order valence-corrected chi connectivity index (χ0v) is 59.6. The Bertz CT molecular complexity index is 2970. The molecule has 2 aliphatic carbocycles. The third-order valence-electron chi connectivity index (χ3n) is 20.8. The highest BCUT2D eigenvalue weighted by atomic mass is 19.4. The molecular formula is C70H109F3N12O12. The highest BCUT2D eigenvalue weighted by molar-refractivity contribution is 6.00. The smallest absolute Gasteiger partial charge is 0.343 e. The molecule has 1 spiro atoms. The number of halogens is 3. The predicted molar refractivity (Wildman–Crippen MR) is 357 cm³/mol. The first-order chi connectivity index (χ1) is 45.6. The van der Waals surface area contributed by atoms with Crippen LogP contribution in [0, 0.1) is 23.7 Å². The average molecular weight is 1370 g/mol. The van der Waals surface area contributed by atoms with Crippen LogP contribution in [0.5, 0.6) is 0 Å². The minimum Gasteiger partial charge on any atom is -0.343 e. The van der Waals surface area contributed by atoms with E-state index in [1.54, 1.807) is 25.7 Å². The highest BCUT2D eigenvalue weighted by Gasteiger charge is 2.51. The maximum Gasteiger partial charge on any atom is 0.416 e. The zero-order chi connectivity index (χ0) is 72.0. The lowest BCUT2D eigenvalue weighted by Gasteiger charge is -2.42. The van der Waals surface area contributed by atoms with Crippen molar-refractivity contribution in [3.8, 4) is 0 Å². The van der Waals surface area contributed by atoms with Crippen molar-refractivity contribution >= 4 is 70.9 Å². The molecule has 5 aliphatic rings. The van der Waals surface area contributed by atoms with Crippen LogP contribution in [0.15, 0.2) is 24.3 Å². The van der Waals surface area contributed by atoms with E-state index in [0.717, 1.165) is 65.4 Å². The summed E-state index contributed by atoms with van der Waals surface area (Å²) in [6, 6.07) is -4.33. The highest BCUT2D eigenvalue weighted by Crippen LogP contribution is 2.35. The van der Waals surface area contributed by atoms with Crippen LogP contribution in [0.4, 0.5) is 13.2 Å². The van der Waals surface area contributed by atoms with Gasteiger partial charge in [-0.25, -0.2) is 0 Å². The van der Waals surface area contributed by atoms with Gasteiger partial charge in [0, 0.05) is 69.0 Å². The van der Waals surface area contributed by atoms with Gasteiger partial charge >= 0.3 is 6.18 Å².